The third kappa shape index (κ3) is 6.65. The van der Waals surface area contributed by atoms with Gasteiger partial charge in [-0.1, -0.05) is 43.3 Å². The van der Waals surface area contributed by atoms with Crippen LogP contribution >= 0.6 is 0 Å². The number of anilines is 1. The zero-order valence-electron chi connectivity index (χ0n) is 30.3. The van der Waals surface area contributed by atoms with Gasteiger partial charge >= 0.3 is 0 Å². The quantitative estimate of drug-likeness (QED) is 0.211. The maximum atomic E-state index is 14.1. The number of hydrogen-bond acceptors (Lipinski definition) is 8. The standard InChI is InChI=1S/C41H46N8O3/c1-4-17-48-27-44-39(45-48)31-7-5-29(6-8-31)30-13-18-47(19-14-30)37(50)25-46-20-15-41(26-46)16-21-49(40(41)51)34-11-9-32-23-43-38(35(32)22-34)33-10-12-36(42-24-33)52-28(2)3/h5-13,22,24,27-28H,4,14-21,23,25-26H2,1-3H3/t41-/m0/s1. The van der Waals surface area contributed by atoms with Crippen LogP contribution in [-0.4, -0.2) is 92.4 Å². The lowest BCUT2D eigenvalue weighted by Crippen LogP contribution is -2.43. The van der Waals surface area contributed by atoms with Gasteiger partial charge in [0.1, 0.15) is 6.33 Å². The summed E-state index contributed by atoms with van der Waals surface area (Å²) in [4.78, 5) is 47.4. The number of amides is 2. The summed E-state index contributed by atoms with van der Waals surface area (Å²) in [5, 5.41) is 4.57. The Bertz CT molecular complexity index is 2030. The summed E-state index contributed by atoms with van der Waals surface area (Å²) in [5.41, 5.74) is 7.92. The topological polar surface area (TPSA) is 109 Å². The maximum Gasteiger partial charge on any atom is 0.237 e. The highest BCUT2D eigenvalue weighted by atomic mass is 16.5. The highest BCUT2D eigenvalue weighted by molar-refractivity contribution is 6.16. The predicted molar refractivity (Wildman–Crippen MR) is 201 cm³/mol. The molecule has 1 atom stereocenters. The summed E-state index contributed by atoms with van der Waals surface area (Å²) in [5.74, 6) is 1.63. The van der Waals surface area contributed by atoms with E-state index in [2.05, 4.69) is 75.4 Å². The Labute approximate surface area is 305 Å². The monoisotopic (exact) mass is 698 g/mol. The first-order valence-corrected chi connectivity index (χ1v) is 18.6. The van der Waals surface area contributed by atoms with Crippen molar-refractivity contribution in [2.75, 3.05) is 44.2 Å². The molecular weight excluding hydrogens is 653 g/mol. The number of pyridine rings is 1. The molecule has 0 unspecified atom stereocenters. The van der Waals surface area contributed by atoms with E-state index in [1.54, 1.807) is 6.33 Å². The molecule has 8 rings (SSSR count). The van der Waals surface area contributed by atoms with Crippen LogP contribution in [-0.2, 0) is 22.7 Å². The van der Waals surface area contributed by atoms with E-state index in [0.717, 1.165) is 78.3 Å². The Kier molecular flexibility index (Phi) is 9.21. The van der Waals surface area contributed by atoms with Gasteiger partial charge < -0.3 is 14.5 Å². The molecule has 1 spiro atoms. The van der Waals surface area contributed by atoms with E-state index in [9.17, 15) is 9.59 Å². The first-order chi connectivity index (χ1) is 25.3. The van der Waals surface area contributed by atoms with Crippen molar-refractivity contribution in [1.29, 1.82) is 0 Å². The number of ether oxygens (including phenoxy) is 1. The molecule has 6 heterocycles. The number of benzene rings is 2. The average Bonchev–Trinajstić information content (AvgIpc) is 3.96. The van der Waals surface area contributed by atoms with E-state index >= 15 is 0 Å². The largest absolute Gasteiger partial charge is 0.475 e. The zero-order valence-corrected chi connectivity index (χ0v) is 30.3. The van der Waals surface area contributed by atoms with Gasteiger partial charge in [-0.25, -0.2) is 9.97 Å². The molecule has 268 valence electrons. The lowest BCUT2D eigenvalue weighted by molar-refractivity contribution is -0.132. The molecule has 4 aromatic rings. The molecule has 4 aliphatic rings. The molecule has 52 heavy (non-hydrogen) atoms. The Morgan fingerprint density at radius 1 is 0.962 bits per heavy atom. The molecule has 4 aliphatic heterocycles. The van der Waals surface area contributed by atoms with Crippen LogP contribution in [0.15, 0.2) is 78.2 Å². The van der Waals surface area contributed by atoms with E-state index in [1.807, 2.05) is 46.7 Å². The third-order valence-corrected chi connectivity index (χ3v) is 10.8. The van der Waals surface area contributed by atoms with Gasteiger partial charge in [0.05, 0.1) is 30.3 Å². The molecular formula is C41H46N8O3. The number of fused-ring (bicyclic) bond motifs is 1. The van der Waals surface area contributed by atoms with Crippen molar-refractivity contribution in [3.8, 4) is 17.3 Å². The fraction of sp³-hybridized carbons (Fsp3) is 0.415. The molecule has 2 amide bonds. The van der Waals surface area contributed by atoms with Gasteiger partial charge in [-0.05, 0) is 81.0 Å². The molecule has 0 radical (unpaired) electrons. The van der Waals surface area contributed by atoms with E-state index in [-0.39, 0.29) is 17.9 Å². The molecule has 0 N–H and O–H groups in total. The second-order valence-electron chi connectivity index (χ2n) is 14.7. The molecule has 2 saturated heterocycles. The number of likely N-dealkylation sites (tertiary alicyclic amines) is 1. The minimum atomic E-state index is -0.447. The van der Waals surface area contributed by atoms with Crippen molar-refractivity contribution >= 4 is 28.8 Å². The van der Waals surface area contributed by atoms with Crippen LogP contribution in [0.4, 0.5) is 5.69 Å². The van der Waals surface area contributed by atoms with Crippen LogP contribution in [0.5, 0.6) is 5.88 Å². The lowest BCUT2D eigenvalue weighted by atomic mass is 9.85. The number of aromatic nitrogens is 4. The van der Waals surface area contributed by atoms with E-state index in [4.69, 9.17) is 9.73 Å². The van der Waals surface area contributed by atoms with E-state index < -0.39 is 5.41 Å². The smallest absolute Gasteiger partial charge is 0.237 e. The van der Waals surface area contributed by atoms with Gasteiger partial charge in [-0.15, -0.1) is 0 Å². The number of rotatable bonds is 10. The van der Waals surface area contributed by atoms with Crippen molar-refractivity contribution in [1.82, 2.24) is 29.5 Å². The Balaban J connectivity index is 0.864. The van der Waals surface area contributed by atoms with Crippen molar-refractivity contribution in [2.24, 2.45) is 10.4 Å². The second-order valence-corrected chi connectivity index (χ2v) is 14.7. The fourth-order valence-electron chi connectivity index (χ4n) is 8.00. The summed E-state index contributed by atoms with van der Waals surface area (Å²) >= 11 is 0. The van der Waals surface area contributed by atoms with Gasteiger partial charge in [0.15, 0.2) is 5.82 Å². The lowest BCUT2D eigenvalue weighted by Gasteiger charge is -2.29. The molecule has 2 fully saturated rings. The van der Waals surface area contributed by atoms with Crippen LogP contribution in [0.2, 0.25) is 0 Å². The number of aryl methyl sites for hydroxylation is 1. The van der Waals surface area contributed by atoms with Gasteiger partial charge in [-0.3, -0.25) is 24.2 Å². The van der Waals surface area contributed by atoms with Crippen LogP contribution in [0.3, 0.4) is 0 Å². The summed E-state index contributed by atoms with van der Waals surface area (Å²) in [7, 11) is 0. The van der Waals surface area contributed by atoms with Gasteiger partial charge in [0, 0.05) is 67.4 Å². The van der Waals surface area contributed by atoms with Gasteiger partial charge in [-0.2, -0.15) is 5.10 Å². The van der Waals surface area contributed by atoms with Crippen molar-refractivity contribution in [3.63, 3.8) is 0 Å². The average molecular weight is 699 g/mol. The normalized spacial score (nSPS) is 20.2. The van der Waals surface area contributed by atoms with Crippen LogP contribution in [0.25, 0.3) is 17.0 Å². The minimum absolute atomic E-state index is 0.0575. The van der Waals surface area contributed by atoms with Crippen molar-refractivity contribution in [2.45, 2.75) is 65.6 Å². The summed E-state index contributed by atoms with van der Waals surface area (Å²) in [6.45, 7) is 11.2. The van der Waals surface area contributed by atoms with Gasteiger partial charge in [0.2, 0.25) is 17.7 Å². The molecule has 0 aliphatic carbocycles. The molecule has 11 nitrogen and oxygen atoms in total. The summed E-state index contributed by atoms with van der Waals surface area (Å²) < 4.78 is 7.60. The van der Waals surface area contributed by atoms with E-state index in [0.29, 0.717) is 45.1 Å². The highest BCUT2D eigenvalue weighted by Crippen LogP contribution is 2.43. The second kappa shape index (κ2) is 14.1. The van der Waals surface area contributed by atoms with Crippen LogP contribution < -0.4 is 9.64 Å². The summed E-state index contributed by atoms with van der Waals surface area (Å²) in [6, 6.07) is 18.5. The zero-order chi connectivity index (χ0) is 35.8. The molecule has 2 aromatic carbocycles. The van der Waals surface area contributed by atoms with E-state index in [1.165, 1.54) is 11.1 Å². The Hall–Kier alpha value is -5.16. The first kappa shape index (κ1) is 34.0. The number of nitrogens with zero attached hydrogens (tertiary/aromatic N) is 8. The number of carbonyl (C=O) groups is 2. The highest BCUT2D eigenvalue weighted by Gasteiger charge is 2.51. The number of aliphatic imine (C=N–C) groups is 1. The van der Waals surface area contributed by atoms with Crippen molar-refractivity contribution in [3.05, 3.63) is 95.5 Å². The summed E-state index contributed by atoms with van der Waals surface area (Å²) in [6.07, 6.45) is 9.23. The predicted octanol–water partition coefficient (Wildman–Crippen LogP) is 5.63. The van der Waals surface area contributed by atoms with Gasteiger partial charge in [0.25, 0.3) is 0 Å². The SMILES string of the molecule is CCCn1cnc(-c2ccc(C3=CCN(C(=O)CN4CC[C@]5(CCN(c6ccc7c(c6)C(c6ccc(OC(C)C)nc6)=NC7)C5=O)C4)CC3)cc2)n1. The Morgan fingerprint density at radius 2 is 1.77 bits per heavy atom. The molecule has 0 saturated carbocycles. The first-order valence-electron chi connectivity index (χ1n) is 18.6. The molecule has 0 bridgehead atoms. The number of carbonyl (C=O) groups excluding carboxylic acids is 2. The third-order valence-electron chi connectivity index (χ3n) is 10.8. The number of hydrogen-bond donors (Lipinski definition) is 0. The maximum absolute atomic E-state index is 14.1. The molecule has 11 heteroatoms. The van der Waals surface area contributed by atoms with Crippen molar-refractivity contribution < 1.29 is 14.3 Å². The molecule has 2 aromatic heterocycles. The Morgan fingerprint density at radius 3 is 2.52 bits per heavy atom. The fourth-order valence-corrected chi connectivity index (χ4v) is 8.00. The minimum Gasteiger partial charge on any atom is -0.475 e. The van der Waals surface area contributed by atoms with Crippen LogP contribution in [0, 0.1) is 5.41 Å². The van der Waals surface area contributed by atoms with Crippen LogP contribution in [0.1, 0.15) is 68.7 Å².